The van der Waals surface area contributed by atoms with Gasteiger partial charge in [-0.3, -0.25) is 9.59 Å². The molecular weight excluding hydrogens is 464 g/mol. The monoisotopic (exact) mass is 502 g/mol. The molecule has 0 saturated heterocycles. The molecule has 1 heterocycles. The summed E-state index contributed by atoms with van der Waals surface area (Å²) in [5, 5.41) is 2.51. The zero-order valence-corrected chi connectivity index (χ0v) is 21.9. The Bertz CT molecular complexity index is 1290. The standard InChI is InChI=1S/C30H38N4O3/c1-29-13-11-20(37-28(36)17-32-27(35)16-31)15-19(29)7-8-21-22-9-10-26(30(22,2)14-12-23(21)29)34-18-33-24-5-3-4-6-25(24)34/h3-7,10,18,20-23H,8-9,11-17,31H2,1-2H3,(H,32,35)/t20-,21?,22?,23?,29-,30-/m0/s1. The van der Waals surface area contributed by atoms with Gasteiger partial charge in [-0.15, -0.1) is 0 Å². The molecule has 0 aliphatic heterocycles. The van der Waals surface area contributed by atoms with Gasteiger partial charge in [0.2, 0.25) is 5.91 Å². The van der Waals surface area contributed by atoms with Crippen molar-refractivity contribution < 1.29 is 14.3 Å². The van der Waals surface area contributed by atoms with E-state index in [1.165, 1.54) is 29.6 Å². The lowest BCUT2D eigenvalue weighted by Crippen LogP contribution is -2.50. The lowest BCUT2D eigenvalue weighted by molar-refractivity contribution is -0.151. The topological polar surface area (TPSA) is 99.2 Å². The van der Waals surface area contributed by atoms with E-state index in [9.17, 15) is 9.59 Å². The maximum Gasteiger partial charge on any atom is 0.325 e. The van der Waals surface area contributed by atoms with E-state index in [0.717, 1.165) is 37.6 Å². The predicted molar refractivity (Wildman–Crippen MR) is 143 cm³/mol. The van der Waals surface area contributed by atoms with Gasteiger partial charge in [-0.25, -0.2) is 4.98 Å². The van der Waals surface area contributed by atoms with Crippen molar-refractivity contribution in [3.63, 3.8) is 0 Å². The Morgan fingerprint density at radius 1 is 1.11 bits per heavy atom. The Morgan fingerprint density at radius 2 is 1.92 bits per heavy atom. The molecule has 1 aromatic carbocycles. The van der Waals surface area contributed by atoms with Crippen LogP contribution in [0.15, 0.2) is 48.3 Å². The number of ether oxygens (including phenoxy) is 1. The molecule has 4 aliphatic carbocycles. The summed E-state index contributed by atoms with van der Waals surface area (Å²) in [6.45, 7) is 4.71. The highest BCUT2D eigenvalue weighted by Crippen LogP contribution is 2.65. The fourth-order valence-electron chi connectivity index (χ4n) is 8.27. The highest BCUT2D eigenvalue weighted by molar-refractivity contribution is 5.83. The smallest absolute Gasteiger partial charge is 0.325 e. The fraction of sp³-hybridized carbons (Fsp3) is 0.567. The van der Waals surface area contributed by atoms with Gasteiger partial charge in [-0.05, 0) is 73.8 Å². The molecule has 7 heteroatoms. The number of esters is 1. The number of nitrogens with one attached hydrogen (secondary N) is 1. The second-order valence-electron chi connectivity index (χ2n) is 12.0. The molecule has 0 bridgehead atoms. The Balaban J connectivity index is 1.18. The third-order valence-corrected chi connectivity index (χ3v) is 10.2. The van der Waals surface area contributed by atoms with Crippen LogP contribution in [0.3, 0.4) is 0 Å². The lowest BCUT2D eigenvalue weighted by atomic mass is 9.47. The Morgan fingerprint density at radius 3 is 2.76 bits per heavy atom. The molecule has 2 fully saturated rings. The number of carbonyl (C=O) groups is 2. The summed E-state index contributed by atoms with van der Waals surface area (Å²) in [6.07, 6.45) is 14.3. The van der Waals surface area contributed by atoms with Crippen LogP contribution in [0.1, 0.15) is 58.8 Å². The number of fused-ring (bicyclic) bond motifs is 6. The average Bonchev–Trinajstić information content (AvgIpc) is 3.47. The molecule has 37 heavy (non-hydrogen) atoms. The van der Waals surface area contributed by atoms with Gasteiger partial charge in [0.25, 0.3) is 0 Å². The summed E-state index contributed by atoms with van der Waals surface area (Å²) in [6, 6.07) is 8.43. The lowest BCUT2D eigenvalue weighted by Gasteiger charge is -2.57. The van der Waals surface area contributed by atoms with Crippen molar-refractivity contribution in [3.05, 3.63) is 48.3 Å². The Labute approximate surface area is 218 Å². The normalized spacial score (nSPS) is 34.6. The first-order valence-electron chi connectivity index (χ1n) is 13.8. The van der Waals surface area contributed by atoms with Crippen molar-refractivity contribution >= 4 is 28.6 Å². The summed E-state index contributed by atoms with van der Waals surface area (Å²) in [7, 11) is 0. The minimum absolute atomic E-state index is 0.110. The first-order chi connectivity index (χ1) is 17.8. The van der Waals surface area contributed by atoms with Crippen LogP contribution in [-0.2, 0) is 14.3 Å². The number of rotatable bonds is 5. The SMILES string of the molecule is C[C@]12CC[C@H](OC(=O)CNC(=O)CN)CC1=CCC1C2CC[C@]2(C)C(n3cnc4ccccc43)=CCC12. The number of hydrogen-bond donors (Lipinski definition) is 2. The van der Waals surface area contributed by atoms with Gasteiger partial charge >= 0.3 is 5.97 Å². The molecule has 1 amide bonds. The number of aromatic nitrogens is 2. The van der Waals surface area contributed by atoms with Crippen LogP contribution >= 0.6 is 0 Å². The van der Waals surface area contributed by atoms with Crippen LogP contribution in [0, 0.1) is 28.6 Å². The van der Waals surface area contributed by atoms with Crippen LogP contribution in [-0.4, -0.2) is 40.6 Å². The number of nitrogens with zero attached hydrogens (tertiary/aromatic N) is 2. The summed E-state index contributed by atoms with van der Waals surface area (Å²) >= 11 is 0. The third kappa shape index (κ3) is 3.94. The van der Waals surface area contributed by atoms with E-state index in [0.29, 0.717) is 17.8 Å². The summed E-state index contributed by atoms with van der Waals surface area (Å²) < 4.78 is 8.08. The van der Waals surface area contributed by atoms with Crippen molar-refractivity contribution in [2.24, 2.45) is 34.3 Å². The molecule has 2 saturated carbocycles. The fourth-order valence-corrected chi connectivity index (χ4v) is 8.27. The number of benzene rings is 1. The Hall–Kier alpha value is -2.93. The van der Waals surface area contributed by atoms with Gasteiger partial charge in [0.05, 0.1) is 17.6 Å². The number of carbonyl (C=O) groups excluding carboxylic acids is 2. The summed E-state index contributed by atoms with van der Waals surface area (Å²) in [4.78, 5) is 28.3. The molecule has 3 unspecified atom stereocenters. The van der Waals surface area contributed by atoms with Gasteiger partial charge in [0.15, 0.2) is 0 Å². The maximum atomic E-state index is 12.3. The van der Waals surface area contributed by atoms with Crippen LogP contribution in [0.25, 0.3) is 16.7 Å². The molecule has 3 N–H and O–H groups in total. The van der Waals surface area contributed by atoms with Crippen LogP contribution in [0.2, 0.25) is 0 Å². The first-order valence-corrected chi connectivity index (χ1v) is 13.8. The molecule has 7 nitrogen and oxygen atoms in total. The number of imidazole rings is 1. The zero-order chi connectivity index (χ0) is 25.8. The van der Waals surface area contributed by atoms with Crippen LogP contribution < -0.4 is 11.1 Å². The molecule has 2 aromatic rings. The van der Waals surface area contributed by atoms with Gasteiger partial charge in [0.1, 0.15) is 19.0 Å². The molecule has 196 valence electrons. The number of allylic oxidation sites excluding steroid dienone is 3. The minimum atomic E-state index is -0.380. The molecule has 4 aliphatic rings. The summed E-state index contributed by atoms with van der Waals surface area (Å²) in [5.74, 6) is 1.25. The van der Waals surface area contributed by atoms with E-state index >= 15 is 0 Å². The number of nitrogens with two attached hydrogens (primary N) is 1. The van der Waals surface area contributed by atoms with E-state index in [-0.39, 0.29) is 41.9 Å². The molecule has 0 spiro atoms. The third-order valence-electron chi connectivity index (χ3n) is 10.2. The number of para-hydroxylation sites is 2. The van der Waals surface area contributed by atoms with Crippen molar-refractivity contribution in [1.82, 2.24) is 14.9 Å². The van der Waals surface area contributed by atoms with Gasteiger partial charge in [0, 0.05) is 17.5 Å². The van der Waals surface area contributed by atoms with Crippen LogP contribution in [0.4, 0.5) is 0 Å². The van der Waals surface area contributed by atoms with E-state index in [2.05, 4.69) is 65.1 Å². The largest absolute Gasteiger partial charge is 0.461 e. The van der Waals surface area contributed by atoms with Gasteiger partial charge in [-0.1, -0.05) is 43.7 Å². The molecular formula is C30H38N4O3. The highest BCUT2D eigenvalue weighted by atomic mass is 16.5. The Kier molecular flexibility index (Phi) is 6.02. The van der Waals surface area contributed by atoms with E-state index in [1.54, 1.807) is 0 Å². The predicted octanol–water partition coefficient (Wildman–Crippen LogP) is 4.44. The van der Waals surface area contributed by atoms with Gasteiger partial charge in [-0.2, -0.15) is 0 Å². The second kappa shape index (κ2) is 9.12. The summed E-state index contributed by atoms with van der Waals surface area (Å²) in [5.41, 5.74) is 10.8. The molecule has 0 radical (unpaired) electrons. The van der Waals surface area contributed by atoms with Crippen LogP contribution in [0.5, 0.6) is 0 Å². The average molecular weight is 503 g/mol. The van der Waals surface area contributed by atoms with Crippen molar-refractivity contribution in [2.75, 3.05) is 13.1 Å². The van der Waals surface area contributed by atoms with Crippen molar-refractivity contribution in [3.8, 4) is 0 Å². The van der Waals surface area contributed by atoms with Crippen molar-refractivity contribution in [2.45, 2.75) is 64.9 Å². The van der Waals surface area contributed by atoms with E-state index in [4.69, 9.17) is 10.5 Å². The maximum absolute atomic E-state index is 12.3. The van der Waals surface area contributed by atoms with Gasteiger partial charge < -0.3 is 20.4 Å². The number of hydrogen-bond acceptors (Lipinski definition) is 5. The number of amides is 1. The molecule has 1 aromatic heterocycles. The van der Waals surface area contributed by atoms with E-state index < -0.39 is 0 Å². The minimum Gasteiger partial charge on any atom is -0.461 e. The molecule has 6 atom stereocenters. The zero-order valence-electron chi connectivity index (χ0n) is 21.9. The van der Waals surface area contributed by atoms with Crippen molar-refractivity contribution in [1.29, 1.82) is 0 Å². The first kappa shape index (κ1) is 24.4. The second-order valence-corrected chi connectivity index (χ2v) is 12.0. The molecule has 6 rings (SSSR count). The van der Waals surface area contributed by atoms with E-state index in [1.807, 2.05) is 6.33 Å². The highest BCUT2D eigenvalue weighted by Gasteiger charge is 2.57. The quantitative estimate of drug-likeness (QED) is 0.465.